The van der Waals surface area contributed by atoms with Crippen molar-refractivity contribution in [3.05, 3.63) is 70.8 Å². The first-order valence-electron chi connectivity index (χ1n) is 9.54. The number of carbonyl (C=O) groups is 2. The Kier molecular flexibility index (Phi) is 5.64. The highest BCUT2D eigenvalue weighted by atomic mass is 16.4. The van der Waals surface area contributed by atoms with E-state index in [9.17, 15) is 14.7 Å². The van der Waals surface area contributed by atoms with Crippen LogP contribution in [0.4, 0.5) is 0 Å². The largest absolute Gasteiger partial charge is 0.481 e. The molecule has 0 atom stereocenters. The van der Waals surface area contributed by atoms with E-state index in [0.717, 1.165) is 12.0 Å². The zero-order valence-corrected chi connectivity index (χ0v) is 16.1. The van der Waals surface area contributed by atoms with E-state index in [-0.39, 0.29) is 5.91 Å². The van der Waals surface area contributed by atoms with Gasteiger partial charge in [-0.15, -0.1) is 0 Å². The van der Waals surface area contributed by atoms with Crippen molar-refractivity contribution in [2.45, 2.75) is 44.9 Å². The maximum Gasteiger partial charge on any atom is 0.314 e. The van der Waals surface area contributed by atoms with Gasteiger partial charge in [0.15, 0.2) is 0 Å². The number of rotatable bonds is 5. The van der Waals surface area contributed by atoms with Crippen LogP contribution < -0.4 is 0 Å². The standard InChI is InChI=1S/C23H27NO3/c1-17-14-18(2)16-19(15-17)8-9-21(25)24-12-10-23(11-13-24,22(26)27)20-6-4-3-5-7-20/h3-7,14-16H,8-13H2,1-2H3,(H,26,27). The maximum absolute atomic E-state index is 12.6. The average Bonchev–Trinajstić information content (AvgIpc) is 2.66. The number of benzene rings is 2. The number of piperidine rings is 1. The molecule has 1 saturated heterocycles. The van der Waals surface area contributed by atoms with Gasteiger partial charge in [0.1, 0.15) is 0 Å². The van der Waals surface area contributed by atoms with Gasteiger partial charge in [-0.25, -0.2) is 0 Å². The molecule has 0 spiro atoms. The van der Waals surface area contributed by atoms with Crippen LogP contribution in [0.1, 0.15) is 41.5 Å². The quantitative estimate of drug-likeness (QED) is 0.875. The Labute approximate surface area is 160 Å². The lowest BCUT2D eigenvalue weighted by Crippen LogP contribution is -2.49. The van der Waals surface area contributed by atoms with Gasteiger partial charge in [0, 0.05) is 19.5 Å². The number of aryl methyl sites for hydroxylation is 3. The van der Waals surface area contributed by atoms with E-state index < -0.39 is 11.4 Å². The van der Waals surface area contributed by atoms with Crippen LogP contribution in [0.15, 0.2) is 48.5 Å². The van der Waals surface area contributed by atoms with Crippen LogP contribution in [-0.2, 0) is 21.4 Å². The third-order valence-corrected chi connectivity index (χ3v) is 5.61. The Morgan fingerprint density at radius 2 is 1.59 bits per heavy atom. The first-order valence-corrected chi connectivity index (χ1v) is 9.54. The molecule has 1 aliphatic heterocycles. The van der Waals surface area contributed by atoms with E-state index in [1.165, 1.54) is 16.7 Å². The van der Waals surface area contributed by atoms with Gasteiger partial charge in [0.2, 0.25) is 5.91 Å². The summed E-state index contributed by atoms with van der Waals surface area (Å²) in [6, 6.07) is 15.8. The summed E-state index contributed by atoms with van der Waals surface area (Å²) >= 11 is 0. The molecule has 142 valence electrons. The highest BCUT2D eigenvalue weighted by Gasteiger charge is 2.43. The Hall–Kier alpha value is -2.62. The van der Waals surface area contributed by atoms with E-state index >= 15 is 0 Å². The fourth-order valence-electron chi connectivity index (χ4n) is 4.14. The summed E-state index contributed by atoms with van der Waals surface area (Å²) in [6.45, 7) is 5.12. The zero-order chi connectivity index (χ0) is 19.4. The van der Waals surface area contributed by atoms with Crippen molar-refractivity contribution in [1.82, 2.24) is 4.90 Å². The molecule has 1 heterocycles. The highest BCUT2D eigenvalue weighted by molar-refractivity contribution is 5.82. The number of carboxylic acids is 1. The molecule has 4 nitrogen and oxygen atoms in total. The molecular formula is C23H27NO3. The van der Waals surface area contributed by atoms with Crippen molar-refractivity contribution in [3.8, 4) is 0 Å². The second-order valence-electron chi connectivity index (χ2n) is 7.63. The van der Waals surface area contributed by atoms with Gasteiger partial charge >= 0.3 is 5.97 Å². The van der Waals surface area contributed by atoms with Gasteiger partial charge in [-0.3, -0.25) is 9.59 Å². The van der Waals surface area contributed by atoms with Crippen LogP contribution >= 0.6 is 0 Å². The summed E-state index contributed by atoms with van der Waals surface area (Å²) < 4.78 is 0. The lowest BCUT2D eigenvalue weighted by Gasteiger charge is -2.39. The molecule has 0 aromatic heterocycles. The topological polar surface area (TPSA) is 57.6 Å². The summed E-state index contributed by atoms with van der Waals surface area (Å²) in [4.78, 5) is 26.5. The fourth-order valence-corrected chi connectivity index (χ4v) is 4.14. The SMILES string of the molecule is Cc1cc(C)cc(CCC(=O)N2CCC(C(=O)O)(c3ccccc3)CC2)c1. The number of hydrogen-bond donors (Lipinski definition) is 1. The first-order chi connectivity index (χ1) is 12.9. The predicted molar refractivity (Wildman–Crippen MR) is 106 cm³/mol. The molecule has 1 fully saturated rings. The first kappa shape index (κ1) is 19.2. The second kappa shape index (κ2) is 7.95. The van der Waals surface area contributed by atoms with Gasteiger partial charge in [-0.1, -0.05) is 59.7 Å². The molecule has 0 aliphatic carbocycles. The van der Waals surface area contributed by atoms with E-state index in [1.54, 1.807) is 0 Å². The number of nitrogens with zero attached hydrogens (tertiary/aromatic N) is 1. The monoisotopic (exact) mass is 365 g/mol. The smallest absolute Gasteiger partial charge is 0.314 e. The summed E-state index contributed by atoms with van der Waals surface area (Å²) in [5.41, 5.74) is 3.56. The minimum atomic E-state index is -0.883. The molecule has 0 saturated carbocycles. The minimum Gasteiger partial charge on any atom is -0.481 e. The van der Waals surface area contributed by atoms with Crippen LogP contribution in [0, 0.1) is 13.8 Å². The Morgan fingerprint density at radius 1 is 1.00 bits per heavy atom. The number of hydrogen-bond acceptors (Lipinski definition) is 2. The van der Waals surface area contributed by atoms with Crippen molar-refractivity contribution in [1.29, 1.82) is 0 Å². The highest BCUT2D eigenvalue weighted by Crippen LogP contribution is 2.36. The van der Waals surface area contributed by atoms with Gasteiger partial charge in [0.05, 0.1) is 5.41 Å². The van der Waals surface area contributed by atoms with Crippen molar-refractivity contribution in [3.63, 3.8) is 0 Å². The van der Waals surface area contributed by atoms with Crippen LogP contribution in [0.5, 0.6) is 0 Å². The Balaban J connectivity index is 1.62. The fraction of sp³-hybridized carbons (Fsp3) is 0.391. The van der Waals surface area contributed by atoms with Gasteiger partial charge in [-0.2, -0.15) is 0 Å². The van der Waals surface area contributed by atoms with Crippen molar-refractivity contribution >= 4 is 11.9 Å². The van der Waals surface area contributed by atoms with E-state index in [4.69, 9.17) is 0 Å². The molecule has 0 unspecified atom stereocenters. The predicted octanol–water partition coefficient (Wildman–Crippen LogP) is 3.88. The van der Waals surface area contributed by atoms with Crippen LogP contribution in [0.3, 0.4) is 0 Å². The summed E-state index contributed by atoms with van der Waals surface area (Å²) in [7, 11) is 0. The van der Waals surface area contributed by atoms with Crippen LogP contribution in [0.2, 0.25) is 0 Å². The van der Waals surface area contributed by atoms with Crippen molar-refractivity contribution < 1.29 is 14.7 Å². The van der Waals surface area contributed by atoms with Crippen molar-refractivity contribution in [2.75, 3.05) is 13.1 Å². The van der Waals surface area contributed by atoms with Crippen LogP contribution in [0.25, 0.3) is 0 Å². The molecule has 3 rings (SSSR count). The normalized spacial score (nSPS) is 16.1. The Morgan fingerprint density at radius 3 is 2.15 bits per heavy atom. The maximum atomic E-state index is 12.6. The van der Waals surface area contributed by atoms with E-state index in [2.05, 4.69) is 32.0 Å². The molecule has 1 N–H and O–H groups in total. The molecular weight excluding hydrogens is 338 g/mol. The summed E-state index contributed by atoms with van der Waals surface area (Å²) in [5, 5.41) is 9.87. The minimum absolute atomic E-state index is 0.112. The molecule has 4 heteroatoms. The van der Waals surface area contributed by atoms with Gasteiger partial charge in [-0.05, 0) is 44.2 Å². The van der Waals surface area contributed by atoms with E-state index in [1.807, 2.05) is 35.2 Å². The van der Waals surface area contributed by atoms with Gasteiger partial charge < -0.3 is 10.0 Å². The lowest BCUT2D eigenvalue weighted by atomic mass is 9.73. The molecule has 2 aromatic rings. The van der Waals surface area contributed by atoms with Crippen molar-refractivity contribution in [2.24, 2.45) is 0 Å². The third-order valence-electron chi connectivity index (χ3n) is 5.61. The molecule has 27 heavy (non-hydrogen) atoms. The van der Waals surface area contributed by atoms with E-state index in [0.29, 0.717) is 32.4 Å². The third kappa shape index (κ3) is 4.21. The average molecular weight is 365 g/mol. The molecule has 1 aliphatic rings. The number of aliphatic carboxylic acids is 1. The lowest BCUT2D eigenvalue weighted by molar-refractivity contribution is -0.148. The number of carbonyl (C=O) groups excluding carboxylic acids is 1. The molecule has 2 aromatic carbocycles. The Bertz CT molecular complexity index is 801. The molecule has 0 bridgehead atoms. The summed E-state index contributed by atoms with van der Waals surface area (Å²) in [5.74, 6) is -0.683. The number of likely N-dealkylation sites (tertiary alicyclic amines) is 1. The number of amides is 1. The summed E-state index contributed by atoms with van der Waals surface area (Å²) in [6.07, 6.45) is 2.11. The molecule has 0 radical (unpaired) electrons. The molecule has 1 amide bonds. The van der Waals surface area contributed by atoms with Crippen LogP contribution in [-0.4, -0.2) is 35.0 Å². The zero-order valence-electron chi connectivity index (χ0n) is 16.1. The van der Waals surface area contributed by atoms with Gasteiger partial charge in [0.25, 0.3) is 0 Å². The number of carboxylic acid groups (broad SMARTS) is 1. The second-order valence-corrected chi connectivity index (χ2v) is 7.63.